The summed E-state index contributed by atoms with van der Waals surface area (Å²) in [5.74, 6) is -0.153. The van der Waals surface area contributed by atoms with Crippen molar-refractivity contribution in [2.45, 2.75) is 19.5 Å². The Hall–Kier alpha value is -3.05. The molecule has 3 aromatic rings. The highest BCUT2D eigenvalue weighted by Gasteiger charge is 2.20. The normalized spacial score (nSPS) is 13.8. The summed E-state index contributed by atoms with van der Waals surface area (Å²) in [5, 5.41) is 2.99. The third-order valence-electron chi connectivity index (χ3n) is 4.64. The van der Waals surface area contributed by atoms with E-state index in [-0.39, 0.29) is 5.91 Å². The Kier molecular flexibility index (Phi) is 4.71. The van der Waals surface area contributed by atoms with Gasteiger partial charge in [-0.1, -0.05) is 30.3 Å². The quantitative estimate of drug-likeness (QED) is 0.789. The lowest BCUT2D eigenvalue weighted by atomic mass is 9.99. The second-order valence-electron chi connectivity index (χ2n) is 6.47. The molecule has 1 aromatic carbocycles. The van der Waals surface area contributed by atoms with E-state index >= 15 is 0 Å². The van der Waals surface area contributed by atoms with Crippen molar-refractivity contribution in [3.8, 4) is 0 Å². The molecule has 2 aromatic heterocycles. The fourth-order valence-corrected chi connectivity index (χ4v) is 3.33. The molecule has 130 valence electrons. The van der Waals surface area contributed by atoms with Crippen LogP contribution >= 0.6 is 0 Å². The van der Waals surface area contributed by atoms with Crippen molar-refractivity contribution in [2.75, 3.05) is 11.9 Å². The molecule has 0 bridgehead atoms. The van der Waals surface area contributed by atoms with E-state index in [0.717, 1.165) is 31.7 Å². The van der Waals surface area contributed by atoms with Crippen LogP contribution in [0.3, 0.4) is 0 Å². The van der Waals surface area contributed by atoms with E-state index in [4.69, 9.17) is 0 Å². The van der Waals surface area contributed by atoms with E-state index in [1.165, 1.54) is 16.7 Å². The Balaban J connectivity index is 1.49. The van der Waals surface area contributed by atoms with Gasteiger partial charge in [0, 0.05) is 38.2 Å². The highest BCUT2D eigenvalue weighted by molar-refractivity contribution is 6.04. The summed E-state index contributed by atoms with van der Waals surface area (Å²) in [6, 6.07) is 14.0. The van der Waals surface area contributed by atoms with Crippen molar-refractivity contribution >= 4 is 11.6 Å². The number of fused-ring (bicyclic) bond motifs is 1. The summed E-state index contributed by atoms with van der Waals surface area (Å²) in [6.45, 7) is 2.72. The first-order valence-corrected chi connectivity index (χ1v) is 8.73. The van der Waals surface area contributed by atoms with Gasteiger partial charge < -0.3 is 5.32 Å². The molecule has 0 atom stereocenters. The van der Waals surface area contributed by atoms with Gasteiger partial charge in [0.05, 0.1) is 17.4 Å². The Morgan fingerprint density at radius 1 is 1.04 bits per heavy atom. The van der Waals surface area contributed by atoms with Crippen LogP contribution < -0.4 is 5.32 Å². The summed E-state index contributed by atoms with van der Waals surface area (Å²) in [5.41, 5.74) is 5.02. The van der Waals surface area contributed by atoms with Crippen LogP contribution in [-0.2, 0) is 19.5 Å². The highest BCUT2D eigenvalue weighted by atomic mass is 16.1. The minimum atomic E-state index is -0.153. The number of carbonyl (C=O) groups is 1. The molecule has 1 amide bonds. The van der Waals surface area contributed by atoms with Gasteiger partial charge in [0.25, 0.3) is 5.91 Å². The summed E-state index contributed by atoms with van der Waals surface area (Å²) in [7, 11) is 0. The van der Waals surface area contributed by atoms with Gasteiger partial charge in [-0.05, 0) is 35.2 Å². The first kappa shape index (κ1) is 16.4. The smallest absolute Gasteiger partial charge is 0.257 e. The maximum Gasteiger partial charge on any atom is 0.257 e. The maximum absolute atomic E-state index is 12.4. The molecule has 0 aliphatic carbocycles. The molecule has 1 N–H and O–H groups in total. The molecular formula is C21H20N4O. The number of hydrogen-bond acceptors (Lipinski definition) is 4. The third kappa shape index (κ3) is 3.63. The molecule has 0 radical (unpaired) electrons. The van der Waals surface area contributed by atoms with Gasteiger partial charge in [-0.15, -0.1) is 0 Å². The number of nitrogens with one attached hydrogen (secondary N) is 1. The van der Waals surface area contributed by atoms with Gasteiger partial charge >= 0.3 is 0 Å². The zero-order valence-corrected chi connectivity index (χ0v) is 14.4. The largest absolute Gasteiger partial charge is 0.320 e. The molecule has 1 aliphatic rings. The molecule has 4 rings (SSSR count). The van der Waals surface area contributed by atoms with Crippen LogP contribution in [0.25, 0.3) is 0 Å². The van der Waals surface area contributed by atoms with E-state index in [2.05, 4.69) is 44.5 Å². The van der Waals surface area contributed by atoms with Crippen LogP contribution in [0.2, 0.25) is 0 Å². The Morgan fingerprint density at radius 3 is 2.73 bits per heavy atom. The van der Waals surface area contributed by atoms with Crippen LogP contribution in [0.5, 0.6) is 0 Å². The summed E-state index contributed by atoms with van der Waals surface area (Å²) in [6.07, 6.45) is 7.77. The van der Waals surface area contributed by atoms with Crippen LogP contribution in [0, 0.1) is 0 Å². The minimum absolute atomic E-state index is 0.153. The summed E-state index contributed by atoms with van der Waals surface area (Å²) in [4.78, 5) is 23.2. The fourth-order valence-electron chi connectivity index (χ4n) is 3.33. The molecule has 0 fully saturated rings. The Bertz CT molecular complexity index is 896. The molecule has 0 saturated carbocycles. The number of rotatable bonds is 4. The monoisotopic (exact) mass is 344 g/mol. The van der Waals surface area contributed by atoms with Gasteiger partial charge in [-0.2, -0.15) is 0 Å². The molecule has 0 saturated heterocycles. The van der Waals surface area contributed by atoms with E-state index in [9.17, 15) is 4.79 Å². The van der Waals surface area contributed by atoms with E-state index in [1.807, 2.05) is 12.3 Å². The van der Waals surface area contributed by atoms with Crippen LogP contribution in [0.4, 0.5) is 5.69 Å². The van der Waals surface area contributed by atoms with Gasteiger partial charge in [0.1, 0.15) is 0 Å². The van der Waals surface area contributed by atoms with Crippen molar-refractivity contribution in [1.29, 1.82) is 0 Å². The van der Waals surface area contributed by atoms with Crippen molar-refractivity contribution in [3.63, 3.8) is 0 Å². The van der Waals surface area contributed by atoms with Gasteiger partial charge in [0.2, 0.25) is 0 Å². The van der Waals surface area contributed by atoms with Crippen LogP contribution in [0.1, 0.15) is 27.0 Å². The fraction of sp³-hybridized carbons (Fsp3) is 0.190. The number of benzene rings is 1. The van der Waals surface area contributed by atoms with E-state index < -0.39 is 0 Å². The number of aromatic nitrogens is 2. The standard InChI is InChI=1S/C21H20N4O/c26-21(17-7-4-9-22-11-17)24-20-13-23-12-18-15-25(10-8-19(18)20)14-16-5-2-1-3-6-16/h1-7,9,11-13H,8,10,14-15H2,(H,24,26). The number of amides is 1. The maximum atomic E-state index is 12.4. The second kappa shape index (κ2) is 7.45. The van der Waals surface area contributed by atoms with Crippen LogP contribution in [-0.4, -0.2) is 27.3 Å². The molecule has 3 heterocycles. The molecule has 5 nitrogen and oxygen atoms in total. The van der Waals surface area contributed by atoms with Crippen LogP contribution in [0.15, 0.2) is 67.3 Å². The van der Waals surface area contributed by atoms with Crippen molar-refractivity contribution in [2.24, 2.45) is 0 Å². The van der Waals surface area contributed by atoms with Crippen molar-refractivity contribution < 1.29 is 4.79 Å². The molecule has 1 aliphatic heterocycles. The lowest BCUT2D eigenvalue weighted by Gasteiger charge is -2.29. The number of pyridine rings is 2. The predicted octanol–water partition coefficient (Wildman–Crippen LogP) is 3.29. The number of anilines is 1. The van der Waals surface area contributed by atoms with Gasteiger partial charge in [-0.3, -0.25) is 19.7 Å². The number of hydrogen-bond donors (Lipinski definition) is 1. The lowest BCUT2D eigenvalue weighted by Crippen LogP contribution is -2.31. The molecule has 0 spiro atoms. The molecule has 5 heteroatoms. The number of carbonyl (C=O) groups excluding carboxylic acids is 1. The average molecular weight is 344 g/mol. The minimum Gasteiger partial charge on any atom is -0.320 e. The zero-order valence-electron chi connectivity index (χ0n) is 14.4. The molecular weight excluding hydrogens is 324 g/mol. The first-order chi connectivity index (χ1) is 12.8. The Labute approximate surface area is 152 Å². The average Bonchev–Trinajstić information content (AvgIpc) is 2.69. The van der Waals surface area contributed by atoms with Crippen molar-refractivity contribution in [1.82, 2.24) is 14.9 Å². The zero-order chi connectivity index (χ0) is 17.8. The predicted molar refractivity (Wildman–Crippen MR) is 101 cm³/mol. The lowest BCUT2D eigenvalue weighted by molar-refractivity contribution is 0.102. The highest BCUT2D eigenvalue weighted by Crippen LogP contribution is 2.26. The molecule has 0 unspecified atom stereocenters. The van der Waals surface area contributed by atoms with E-state index in [1.54, 1.807) is 30.7 Å². The molecule has 26 heavy (non-hydrogen) atoms. The SMILES string of the molecule is O=C(Nc1cncc2c1CCN(Cc1ccccc1)C2)c1cccnc1. The van der Waals surface area contributed by atoms with Gasteiger partial charge in [0.15, 0.2) is 0 Å². The van der Waals surface area contributed by atoms with Gasteiger partial charge in [-0.25, -0.2) is 0 Å². The second-order valence-corrected chi connectivity index (χ2v) is 6.47. The topological polar surface area (TPSA) is 58.1 Å². The summed E-state index contributed by atoms with van der Waals surface area (Å²) >= 11 is 0. The van der Waals surface area contributed by atoms with Crippen molar-refractivity contribution in [3.05, 3.63) is 89.5 Å². The first-order valence-electron chi connectivity index (χ1n) is 8.73. The third-order valence-corrected chi connectivity index (χ3v) is 4.64. The summed E-state index contributed by atoms with van der Waals surface area (Å²) < 4.78 is 0. The number of nitrogens with zero attached hydrogens (tertiary/aromatic N) is 3. The Morgan fingerprint density at radius 2 is 1.92 bits per heavy atom. The van der Waals surface area contributed by atoms with E-state index in [0.29, 0.717) is 5.56 Å².